The lowest BCUT2D eigenvalue weighted by Crippen LogP contribution is -2.11. The Morgan fingerprint density at radius 3 is 2.23 bits per heavy atom. The molecule has 0 aliphatic heterocycles. The van der Waals surface area contributed by atoms with Crippen LogP contribution in [0.25, 0.3) is 0 Å². The van der Waals surface area contributed by atoms with Gasteiger partial charge in [-0.1, -0.05) is 25.3 Å². The summed E-state index contributed by atoms with van der Waals surface area (Å²) in [6.45, 7) is 10.9. The van der Waals surface area contributed by atoms with Gasteiger partial charge >= 0.3 is 0 Å². The molecule has 1 amide bonds. The highest BCUT2D eigenvalue weighted by molar-refractivity contribution is 5.91. The number of carbonyl (C=O) groups excluding carboxylic acids is 1. The largest absolute Gasteiger partial charge is 0.366 e. The standard InChI is InChI=1S/C11H15NO/c1-5-6-8(2)9(3)7-10(4)11(12)13/h5-7H,1,3H2,2,4H3,(H2,12,13)/b8-6-,10-7+. The van der Waals surface area contributed by atoms with Crippen LogP contribution in [0.2, 0.25) is 0 Å². The summed E-state index contributed by atoms with van der Waals surface area (Å²) < 4.78 is 0. The Labute approximate surface area is 79.1 Å². The van der Waals surface area contributed by atoms with Gasteiger partial charge in [0.25, 0.3) is 0 Å². The van der Waals surface area contributed by atoms with Crippen LogP contribution in [-0.2, 0) is 4.79 Å². The van der Waals surface area contributed by atoms with Gasteiger partial charge in [0.15, 0.2) is 0 Å². The maximum absolute atomic E-state index is 10.7. The van der Waals surface area contributed by atoms with Gasteiger partial charge in [0.1, 0.15) is 0 Å². The number of rotatable bonds is 4. The molecule has 0 rings (SSSR count). The molecule has 0 fully saturated rings. The second-order valence-electron chi connectivity index (χ2n) is 2.80. The zero-order chi connectivity index (χ0) is 10.4. The lowest BCUT2D eigenvalue weighted by molar-refractivity contribution is -0.114. The molecule has 0 heterocycles. The Balaban J connectivity index is 4.65. The number of hydrogen-bond acceptors (Lipinski definition) is 1. The predicted molar refractivity (Wildman–Crippen MR) is 56.0 cm³/mol. The molecule has 0 aliphatic carbocycles. The maximum Gasteiger partial charge on any atom is 0.244 e. The van der Waals surface area contributed by atoms with Crippen LogP contribution in [0.5, 0.6) is 0 Å². The van der Waals surface area contributed by atoms with Gasteiger partial charge in [-0.25, -0.2) is 0 Å². The van der Waals surface area contributed by atoms with E-state index in [1.165, 1.54) is 0 Å². The summed E-state index contributed by atoms with van der Waals surface area (Å²) in [5.74, 6) is -0.424. The molecular weight excluding hydrogens is 162 g/mol. The fourth-order valence-electron chi connectivity index (χ4n) is 0.730. The summed E-state index contributed by atoms with van der Waals surface area (Å²) in [7, 11) is 0. The molecule has 0 aromatic rings. The van der Waals surface area contributed by atoms with Crippen molar-refractivity contribution in [2.45, 2.75) is 13.8 Å². The van der Waals surface area contributed by atoms with Gasteiger partial charge in [-0.3, -0.25) is 4.79 Å². The highest BCUT2D eigenvalue weighted by Gasteiger charge is 1.98. The van der Waals surface area contributed by atoms with Crippen molar-refractivity contribution in [1.82, 2.24) is 0 Å². The first-order chi connectivity index (χ1) is 5.99. The van der Waals surface area contributed by atoms with Crippen LogP contribution in [-0.4, -0.2) is 5.91 Å². The third-order valence-electron chi connectivity index (χ3n) is 1.65. The summed E-state index contributed by atoms with van der Waals surface area (Å²) in [4.78, 5) is 10.7. The lowest BCUT2D eigenvalue weighted by atomic mass is 10.1. The van der Waals surface area contributed by atoms with Crippen LogP contribution in [0, 0.1) is 0 Å². The van der Waals surface area contributed by atoms with Gasteiger partial charge < -0.3 is 5.73 Å². The van der Waals surface area contributed by atoms with Crippen LogP contribution in [0.4, 0.5) is 0 Å². The third kappa shape index (κ3) is 4.11. The van der Waals surface area contributed by atoms with E-state index in [-0.39, 0.29) is 0 Å². The molecular formula is C11H15NO. The molecule has 0 aromatic carbocycles. The van der Waals surface area contributed by atoms with Crippen LogP contribution in [0.3, 0.4) is 0 Å². The minimum Gasteiger partial charge on any atom is -0.366 e. The predicted octanol–water partition coefficient (Wildman–Crippen LogP) is 2.11. The first-order valence-electron chi connectivity index (χ1n) is 3.95. The minimum atomic E-state index is -0.424. The SMILES string of the molecule is C=C/C=C(/C)C(=C)/C=C(\C)C(N)=O. The molecule has 0 saturated heterocycles. The molecule has 70 valence electrons. The van der Waals surface area contributed by atoms with Crippen LogP contribution in [0.1, 0.15) is 13.8 Å². The van der Waals surface area contributed by atoms with E-state index in [9.17, 15) is 4.79 Å². The quantitative estimate of drug-likeness (QED) is 0.518. The van der Waals surface area contributed by atoms with Crippen molar-refractivity contribution >= 4 is 5.91 Å². The number of primary amides is 1. The molecule has 0 bridgehead atoms. The molecule has 0 aliphatic rings. The fraction of sp³-hybridized carbons (Fsp3) is 0.182. The van der Waals surface area contributed by atoms with Crippen LogP contribution < -0.4 is 5.73 Å². The topological polar surface area (TPSA) is 43.1 Å². The smallest absolute Gasteiger partial charge is 0.244 e. The van der Waals surface area contributed by atoms with Gasteiger partial charge in [0, 0.05) is 5.57 Å². The molecule has 2 N–H and O–H groups in total. The zero-order valence-corrected chi connectivity index (χ0v) is 8.13. The molecule has 2 heteroatoms. The van der Waals surface area contributed by atoms with E-state index in [0.717, 1.165) is 11.1 Å². The third-order valence-corrected chi connectivity index (χ3v) is 1.65. The van der Waals surface area contributed by atoms with Crippen molar-refractivity contribution < 1.29 is 4.79 Å². The van der Waals surface area contributed by atoms with Crippen molar-refractivity contribution in [3.63, 3.8) is 0 Å². The number of nitrogens with two attached hydrogens (primary N) is 1. The van der Waals surface area contributed by atoms with Gasteiger partial charge in [0.2, 0.25) is 5.91 Å². The Morgan fingerprint density at radius 2 is 1.85 bits per heavy atom. The van der Waals surface area contributed by atoms with Crippen molar-refractivity contribution in [2.75, 3.05) is 0 Å². The molecule has 13 heavy (non-hydrogen) atoms. The summed E-state index contributed by atoms with van der Waals surface area (Å²) >= 11 is 0. The van der Waals surface area contributed by atoms with Crippen molar-refractivity contribution in [1.29, 1.82) is 0 Å². The lowest BCUT2D eigenvalue weighted by Gasteiger charge is -2.00. The normalized spacial score (nSPS) is 12.5. The van der Waals surface area contributed by atoms with E-state index >= 15 is 0 Å². The van der Waals surface area contributed by atoms with E-state index in [2.05, 4.69) is 13.2 Å². The molecule has 0 aromatic heterocycles. The Bertz CT molecular complexity index is 295. The highest BCUT2D eigenvalue weighted by atomic mass is 16.1. The van der Waals surface area contributed by atoms with Gasteiger partial charge in [-0.15, -0.1) is 0 Å². The van der Waals surface area contributed by atoms with E-state index < -0.39 is 5.91 Å². The van der Waals surface area contributed by atoms with E-state index in [0.29, 0.717) is 5.57 Å². The van der Waals surface area contributed by atoms with Crippen molar-refractivity contribution in [3.05, 3.63) is 48.1 Å². The molecule has 2 nitrogen and oxygen atoms in total. The van der Waals surface area contributed by atoms with E-state index in [1.54, 1.807) is 19.1 Å². The first-order valence-corrected chi connectivity index (χ1v) is 3.95. The highest BCUT2D eigenvalue weighted by Crippen LogP contribution is 2.10. The molecule has 0 radical (unpaired) electrons. The monoisotopic (exact) mass is 177 g/mol. The minimum absolute atomic E-state index is 0.424. The molecule has 0 saturated carbocycles. The first kappa shape index (κ1) is 11.4. The van der Waals surface area contributed by atoms with Crippen molar-refractivity contribution in [3.8, 4) is 0 Å². The summed E-state index contributed by atoms with van der Waals surface area (Å²) in [6, 6.07) is 0. The van der Waals surface area contributed by atoms with E-state index in [4.69, 9.17) is 5.73 Å². The van der Waals surface area contributed by atoms with Crippen LogP contribution in [0.15, 0.2) is 48.1 Å². The summed E-state index contributed by atoms with van der Waals surface area (Å²) in [5.41, 5.74) is 7.31. The van der Waals surface area contributed by atoms with Gasteiger partial charge in [-0.05, 0) is 31.1 Å². The number of amides is 1. The molecule has 0 spiro atoms. The zero-order valence-electron chi connectivity index (χ0n) is 8.13. The molecule has 0 unspecified atom stereocenters. The summed E-state index contributed by atoms with van der Waals surface area (Å²) in [6.07, 6.45) is 5.17. The number of hydrogen-bond donors (Lipinski definition) is 1. The average Bonchev–Trinajstić information content (AvgIpc) is 2.04. The molecule has 0 atom stereocenters. The second kappa shape index (κ2) is 5.14. The second-order valence-corrected chi connectivity index (χ2v) is 2.80. The average molecular weight is 177 g/mol. The van der Waals surface area contributed by atoms with E-state index in [1.807, 2.05) is 13.0 Å². The Morgan fingerprint density at radius 1 is 1.31 bits per heavy atom. The summed E-state index contributed by atoms with van der Waals surface area (Å²) in [5, 5.41) is 0. The van der Waals surface area contributed by atoms with Crippen LogP contribution >= 0.6 is 0 Å². The number of allylic oxidation sites excluding steroid dienone is 5. The van der Waals surface area contributed by atoms with Crippen molar-refractivity contribution in [2.24, 2.45) is 5.73 Å². The van der Waals surface area contributed by atoms with Gasteiger partial charge in [0.05, 0.1) is 0 Å². The Kier molecular flexibility index (Phi) is 4.52. The Hall–Kier alpha value is -1.57. The maximum atomic E-state index is 10.7. The van der Waals surface area contributed by atoms with Gasteiger partial charge in [-0.2, -0.15) is 0 Å². The fourth-order valence-corrected chi connectivity index (χ4v) is 0.730. The number of carbonyl (C=O) groups is 1.